The average Bonchev–Trinajstić information content (AvgIpc) is 2.33. The maximum Gasteiger partial charge on any atom is 0.158 e. The topological polar surface area (TPSA) is 47.7 Å². The summed E-state index contributed by atoms with van der Waals surface area (Å²) in [6.07, 6.45) is 1.74. The van der Waals surface area contributed by atoms with E-state index in [4.69, 9.17) is 15.2 Å². The van der Waals surface area contributed by atoms with Crippen molar-refractivity contribution in [1.82, 2.24) is 4.90 Å². The predicted molar refractivity (Wildman–Crippen MR) is 76.6 cm³/mol. The molecule has 2 N–H and O–H groups in total. The Labute approximate surface area is 113 Å². The molecule has 0 aromatic rings. The van der Waals surface area contributed by atoms with Gasteiger partial charge in [-0.25, -0.2) is 0 Å². The van der Waals surface area contributed by atoms with Crippen molar-refractivity contribution >= 4 is 0 Å². The molecule has 2 unspecified atom stereocenters. The average molecular weight is 260 g/mol. The van der Waals surface area contributed by atoms with Gasteiger partial charge < -0.3 is 15.2 Å². The molecule has 2 atom stereocenters. The van der Waals surface area contributed by atoms with Gasteiger partial charge in [-0.3, -0.25) is 4.90 Å². The zero-order valence-electron chi connectivity index (χ0n) is 13.2. The number of hydrogen-bond acceptors (Lipinski definition) is 4. The van der Waals surface area contributed by atoms with Gasteiger partial charge >= 0.3 is 0 Å². The van der Waals surface area contributed by atoms with Crippen molar-refractivity contribution in [1.29, 1.82) is 0 Å². The second kappa shape index (κ2) is 8.10. The zero-order chi connectivity index (χ0) is 14.3. The molecule has 0 amide bonds. The number of hydrogen-bond donors (Lipinski definition) is 1. The molecule has 0 saturated heterocycles. The van der Waals surface area contributed by atoms with Gasteiger partial charge in [-0.05, 0) is 33.2 Å². The molecule has 0 rings (SSSR count). The van der Waals surface area contributed by atoms with Crippen molar-refractivity contribution in [2.75, 3.05) is 27.8 Å². The van der Waals surface area contributed by atoms with E-state index in [-0.39, 0.29) is 11.8 Å². The molecule has 0 aliphatic heterocycles. The molecule has 18 heavy (non-hydrogen) atoms. The van der Waals surface area contributed by atoms with Crippen LogP contribution in [-0.4, -0.2) is 50.6 Å². The lowest BCUT2D eigenvalue weighted by atomic mass is 9.92. The number of methoxy groups -OCH3 is 2. The molecule has 110 valence electrons. The van der Waals surface area contributed by atoms with Gasteiger partial charge in [-0.15, -0.1) is 0 Å². The van der Waals surface area contributed by atoms with Crippen LogP contribution in [0, 0.1) is 5.92 Å². The quantitative estimate of drug-likeness (QED) is 0.645. The van der Waals surface area contributed by atoms with Crippen LogP contribution in [0.25, 0.3) is 0 Å². The summed E-state index contributed by atoms with van der Waals surface area (Å²) in [4.78, 5) is 2.36. The van der Waals surface area contributed by atoms with Crippen LogP contribution in [0.15, 0.2) is 0 Å². The Morgan fingerprint density at radius 2 is 1.67 bits per heavy atom. The lowest BCUT2D eigenvalue weighted by Crippen LogP contribution is -2.55. The largest absolute Gasteiger partial charge is 0.356 e. The molecule has 0 aliphatic rings. The molecule has 0 spiro atoms. The minimum Gasteiger partial charge on any atom is -0.356 e. The fourth-order valence-electron chi connectivity index (χ4n) is 2.37. The molecule has 0 aromatic heterocycles. The van der Waals surface area contributed by atoms with Crippen LogP contribution in [0.4, 0.5) is 0 Å². The van der Waals surface area contributed by atoms with Crippen LogP contribution in [0.1, 0.15) is 40.5 Å². The van der Waals surface area contributed by atoms with Gasteiger partial charge in [0.15, 0.2) is 6.29 Å². The highest BCUT2D eigenvalue weighted by atomic mass is 16.7. The van der Waals surface area contributed by atoms with Crippen LogP contribution in [0.5, 0.6) is 0 Å². The first-order valence-electron chi connectivity index (χ1n) is 6.79. The molecule has 0 radical (unpaired) electrons. The Kier molecular flexibility index (Phi) is 8.03. The fourth-order valence-corrected chi connectivity index (χ4v) is 2.37. The monoisotopic (exact) mass is 260 g/mol. The van der Waals surface area contributed by atoms with Gasteiger partial charge in [0.05, 0.1) is 0 Å². The molecular formula is C14H32N2O2. The van der Waals surface area contributed by atoms with Crippen molar-refractivity contribution in [2.45, 2.75) is 58.4 Å². The summed E-state index contributed by atoms with van der Waals surface area (Å²) < 4.78 is 10.6. The van der Waals surface area contributed by atoms with E-state index in [1.54, 1.807) is 14.2 Å². The molecule has 0 heterocycles. The Balaban J connectivity index is 4.69. The molecule has 0 saturated carbocycles. The number of rotatable bonds is 9. The molecule has 0 fully saturated rings. The third kappa shape index (κ3) is 5.22. The van der Waals surface area contributed by atoms with E-state index >= 15 is 0 Å². The zero-order valence-corrected chi connectivity index (χ0v) is 13.2. The molecule has 4 nitrogen and oxygen atoms in total. The number of nitrogens with two attached hydrogens (primary N) is 1. The molecular weight excluding hydrogens is 228 g/mol. The maximum atomic E-state index is 5.98. The third-order valence-electron chi connectivity index (χ3n) is 3.90. The summed E-state index contributed by atoms with van der Waals surface area (Å²) >= 11 is 0. The second-order valence-electron chi connectivity index (χ2n) is 5.90. The lowest BCUT2D eigenvalue weighted by molar-refractivity contribution is -0.129. The van der Waals surface area contributed by atoms with Crippen LogP contribution in [0.3, 0.4) is 0 Å². The van der Waals surface area contributed by atoms with E-state index in [0.29, 0.717) is 18.5 Å². The van der Waals surface area contributed by atoms with E-state index in [1.165, 1.54) is 0 Å². The SMILES string of the molecule is COC(CC(C)(CN)N(C)C(C)CC(C)C)OC. The number of nitrogens with zero attached hydrogens (tertiary/aromatic N) is 1. The van der Waals surface area contributed by atoms with Gasteiger partial charge in [0.25, 0.3) is 0 Å². The summed E-state index contributed by atoms with van der Waals surface area (Å²) in [6, 6.07) is 0.493. The van der Waals surface area contributed by atoms with Crippen LogP contribution < -0.4 is 5.73 Å². The first kappa shape index (κ1) is 17.8. The van der Waals surface area contributed by atoms with E-state index in [2.05, 4.69) is 39.6 Å². The van der Waals surface area contributed by atoms with Crippen LogP contribution >= 0.6 is 0 Å². The smallest absolute Gasteiger partial charge is 0.158 e. The van der Waals surface area contributed by atoms with Gasteiger partial charge in [-0.1, -0.05) is 13.8 Å². The Morgan fingerprint density at radius 1 is 1.17 bits per heavy atom. The van der Waals surface area contributed by atoms with Gasteiger partial charge in [-0.2, -0.15) is 0 Å². The molecule has 0 bridgehead atoms. The van der Waals surface area contributed by atoms with Crippen molar-refractivity contribution in [3.05, 3.63) is 0 Å². The minimum absolute atomic E-state index is 0.106. The highest BCUT2D eigenvalue weighted by Crippen LogP contribution is 2.25. The molecule has 0 aliphatic carbocycles. The summed E-state index contributed by atoms with van der Waals surface area (Å²) in [6.45, 7) is 9.51. The standard InChI is InChI=1S/C14H32N2O2/c1-11(2)8-12(3)16(5)14(4,10-15)9-13(17-6)18-7/h11-13H,8-10,15H2,1-7H3. The highest BCUT2D eigenvalue weighted by molar-refractivity contribution is 4.89. The summed E-state index contributed by atoms with van der Waals surface area (Å²) in [5.74, 6) is 0.685. The normalized spacial score (nSPS) is 17.5. The van der Waals surface area contributed by atoms with Gasteiger partial charge in [0, 0.05) is 38.8 Å². The fraction of sp³-hybridized carbons (Fsp3) is 1.00. The summed E-state index contributed by atoms with van der Waals surface area (Å²) in [5.41, 5.74) is 5.88. The number of ether oxygens (including phenoxy) is 2. The first-order chi connectivity index (χ1) is 8.30. The van der Waals surface area contributed by atoms with E-state index < -0.39 is 0 Å². The van der Waals surface area contributed by atoms with Crippen LogP contribution in [0.2, 0.25) is 0 Å². The Morgan fingerprint density at radius 3 is 2.00 bits per heavy atom. The number of likely N-dealkylation sites (N-methyl/N-ethyl adjacent to an activating group) is 1. The van der Waals surface area contributed by atoms with Crippen molar-refractivity contribution < 1.29 is 9.47 Å². The first-order valence-corrected chi connectivity index (χ1v) is 6.79. The lowest BCUT2D eigenvalue weighted by Gasteiger charge is -2.43. The summed E-state index contributed by atoms with van der Waals surface area (Å²) in [5, 5.41) is 0. The van der Waals surface area contributed by atoms with E-state index in [0.717, 1.165) is 12.8 Å². The third-order valence-corrected chi connectivity index (χ3v) is 3.90. The van der Waals surface area contributed by atoms with Gasteiger partial charge in [0.2, 0.25) is 0 Å². The van der Waals surface area contributed by atoms with Crippen molar-refractivity contribution in [3.63, 3.8) is 0 Å². The minimum atomic E-state index is -0.202. The van der Waals surface area contributed by atoms with Gasteiger partial charge in [0.1, 0.15) is 0 Å². The molecule has 0 aromatic carbocycles. The Bertz CT molecular complexity index is 220. The van der Waals surface area contributed by atoms with E-state index in [1.807, 2.05) is 0 Å². The maximum absolute atomic E-state index is 5.98. The Hall–Kier alpha value is -0.160. The molecule has 4 heteroatoms. The summed E-state index contributed by atoms with van der Waals surface area (Å²) in [7, 11) is 5.48. The van der Waals surface area contributed by atoms with Crippen LogP contribution in [-0.2, 0) is 9.47 Å². The van der Waals surface area contributed by atoms with E-state index in [9.17, 15) is 0 Å². The highest BCUT2D eigenvalue weighted by Gasteiger charge is 2.33. The second-order valence-corrected chi connectivity index (χ2v) is 5.90. The predicted octanol–water partition coefficient (Wildman–Crippen LogP) is 2.08. The van der Waals surface area contributed by atoms with Crippen molar-refractivity contribution in [2.24, 2.45) is 11.7 Å². The van der Waals surface area contributed by atoms with Crippen molar-refractivity contribution in [3.8, 4) is 0 Å².